The van der Waals surface area contributed by atoms with Gasteiger partial charge in [0.15, 0.2) is 5.78 Å². The van der Waals surface area contributed by atoms with E-state index in [9.17, 15) is 4.79 Å². The summed E-state index contributed by atoms with van der Waals surface area (Å²) in [7, 11) is 1.63. The van der Waals surface area contributed by atoms with E-state index in [0.717, 1.165) is 15.8 Å². The highest BCUT2D eigenvalue weighted by atomic mass is 79.9. The first-order valence-electron chi connectivity index (χ1n) is 6.15. The molecule has 2 nitrogen and oxygen atoms in total. The molecule has 98 valence electrons. The molecule has 0 aliphatic carbocycles. The van der Waals surface area contributed by atoms with Crippen LogP contribution >= 0.6 is 27.7 Å². The second-order valence-corrected chi connectivity index (χ2v) is 6.61. The van der Waals surface area contributed by atoms with Gasteiger partial charge in [0.25, 0.3) is 0 Å². The Morgan fingerprint density at radius 2 is 2.17 bits per heavy atom. The number of halogens is 1. The van der Waals surface area contributed by atoms with E-state index in [1.54, 1.807) is 7.11 Å². The number of Topliss-reactive ketones (excluding diaryl/α,β-unsaturated/α-hetero) is 1. The lowest BCUT2D eigenvalue weighted by Gasteiger charge is -2.20. The van der Waals surface area contributed by atoms with Gasteiger partial charge in [0, 0.05) is 12.0 Å². The van der Waals surface area contributed by atoms with Crippen molar-refractivity contribution in [3.8, 4) is 5.75 Å². The van der Waals surface area contributed by atoms with Crippen LogP contribution in [0.15, 0.2) is 22.7 Å². The Balaban J connectivity index is 2.01. The molecule has 1 saturated heterocycles. The highest BCUT2D eigenvalue weighted by molar-refractivity contribution is 9.10. The highest BCUT2D eigenvalue weighted by Gasteiger charge is 2.18. The zero-order valence-corrected chi connectivity index (χ0v) is 12.9. The molecule has 1 fully saturated rings. The zero-order chi connectivity index (χ0) is 13.0. The van der Waals surface area contributed by atoms with E-state index in [1.165, 1.54) is 24.3 Å². The van der Waals surface area contributed by atoms with Crippen molar-refractivity contribution in [3.05, 3.63) is 28.2 Å². The third kappa shape index (κ3) is 3.51. The third-order valence-corrected chi connectivity index (χ3v) is 4.96. The van der Waals surface area contributed by atoms with Crippen LogP contribution in [0.1, 0.15) is 29.6 Å². The predicted molar refractivity (Wildman–Crippen MR) is 79.7 cm³/mol. The number of ketones is 1. The second-order valence-electron chi connectivity index (χ2n) is 4.53. The van der Waals surface area contributed by atoms with Crippen LogP contribution in [0, 0.1) is 5.92 Å². The number of ether oxygens (including phenoxy) is 1. The molecule has 1 aromatic carbocycles. The van der Waals surface area contributed by atoms with Crippen molar-refractivity contribution < 1.29 is 9.53 Å². The fraction of sp³-hybridized carbons (Fsp3) is 0.500. The van der Waals surface area contributed by atoms with Crippen molar-refractivity contribution in [3.63, 3.8) is 0 Å². The number of carbonyl (C=O) groups excluding carboxylic acids is 1. The normalized spacial score (nSPS) is 16.6. The molecule has 0 bridgehead atoms. The molecule has 0 radical (unpaired) electrons. The summed E-state index contributed by atoms with van der Waals surface area (Å²) < 4.78 is 6.01. The van der Waals surface area contributed by atoms with E-state index in [0.29, 0.717) is 12.3 Å². The molecule has 2 rings (SSSR count). The first-order valence-corrected chi connectivity index (χ1v) is 8.10. The van der Waals surface area contributed by atoms with Gasteiger partial charge in [-0.25, -0.2) is 0 Å². The quantitative estimate of drug-likeness (QED) is 0.776. The minimum absolute atomic E-state index is 0.246. The number of hydrogen-bond donors (Lipinski definition) is 0. The van der Waals surface area contributed by atoms with Crippen LogP contribution in [-0.2, 0) is 0 Å². The molecule has 1 aliphatic rings. The molecule has 18 heavy (non-hydrogen) atoms. The molecule has 4 heteroatoms. The summed E-state index contributed by atoms with van der Waals surface area (Å²) in [6.45, 7) is 0. The molecular weight excluding hydrogens is 312 g/mol. The molecule has 1 aliphatic heterocycles. The molecule has 1 heterocycles. The van der Waals surface area contributed by atoms with Crippen molar-refractivity contribution in [2.24, 2.45) is 5.92 Å². The number of thioether (sulfide) groups is 1. The van der Waals surface area contributed by atoms with Gasteiger partial charge in [-0.3, -0.25) is 4.79 Å². The number of carbonyl (C=O) groups is 1. The largest absolute Gasteiger partial charge is 0.496 e. The Bertz CT molecular complexity index is 428. The fourth-order valence-electron chi connectivity index (χ4n) is 2.17. The van der Waals surface area contributed by atoms with Crippen LogP contribution in [0.2, 0.25) is 0 Å². The Morgan fingerprint density at radius 1 is 1.44 bits per heavy atom. The van der Waals surface area contributed by atoms with Crippen LogP contribution in [0.25, 0.3) is 0 Å². The SMILES string of the molecule is COc1ccc(C(=O)CC2CCSCC2)cc1Br. The van der Waals surface area contributed by atoms with Gasteiger partial charge in [-0.15, -0.1) is 0 Å². The van der Waals surface area contributed by atoms with E-state index in [1.807, 2.05) is 30.0 Å². The van der Waals surface area contributed by atoms with Crippen LogP contribution < -0.4 is 4.74 Å². The van der Waals surface area contributed by atoms with Gasteiger partial charge < -0.3 is 4.74 Å². The van der Waals surface area contributed by atoms with E-state index < -0.39 is 0 Å². The topological polar surface area (TPSA) is 26.3 Å². The Kier molecular flexibility index (Phi) is 5.13. The Labute approximate surface area is 121 Å². The van der Waals surface area contributed by atoms with Gasteiger partial charge in [0.1, 0.15) is 5.75 Å². The number of benzene rings is 1. The lowest BCUT2D eigenvalue weighted by atomic mass is 9.93. The van der Waals surface area contributed by atoms with E-state index in [-0.39, 0.29) is 5.78 Å². The van der Waals surface area contributed by atoms with Gasteiger partial charge in [-0.1, -0.05) is 0 Å². The average molecular weight is 329 g/mol. The summed E-state index contributed by atoms with van der Waals surface area (Å²) >= 11 is 5.41. The van der Waals surface area contributed by atoms with E-state index in [4.69, 9.17) is 4.74 Å². The van der Waals surface area contributed by atoms with Crippen molar-refractivity contribution in [2.45, 2.75) is 19.3 Å². The molecule has 0 atom stereocenters. The molecule has 0 aromatic heterocycles. The Hall–Kier alpha value is -0.480. The molecule has 0 spiro atoms. The van der Waals surface area contributed by atoms with Crippen LogP contribution in [0.5, 0.6) is 5.75 Å². The van der Waals surface area contributed by atoms with Gasteiger partial charge in [0.2, 0.25) is 0 Å². The lowest BCUT2D eigenvalue weighted by Crippen LogP contribution is -2.14. The maximum atomic E-state index is 12.2. The molecule has 1 aromatic rings. The molecular formula is C14H17BrO2S. The minimum Gasteiger partial charge on any atom is -0.496 e. The first-order chi connectivity index (χ1) is 8.70. The van der Waals surface area contributed by atoms with Crippen LogP contribution in [0.3, 0.4) is 0 Å². The molecule has 0 N–H and O–H groups in total. The monoisotopic (exact) mass is 328 g/mol. The van der Waals surface area contributed by atoms with Crippen molar-refractivity contribution in [1.82, 2.24) is 0 Å². The van der Waals surface area contributed by atoms with Gasteiger partial charge >= 0.3 is 0 Å². The average Bonchev–Trinajstić information content (AvgIpc) is 2.39. The van der Waals surface area contributed by atoms with E-state index >= 15 is 0 Å². The lowest BCUT2D eigenvalue weighted by molar-refractivity contribution is 0.0958. The first kappa shape index (κ1) is 13.9. The predicted octanol–water partition coefficient (Wildman–Crippen LogP) is 4.17. The number of rotatable bonds is 4. The maximum Gasteiger partial charge on any atom is 0.163 e. The molecule has 0 amide bonds. The fourth-order valence-corrected chi connectivity index (χ4v) is 3.92. The van der Waals surface area contributed by atoms with Crippen molar-refractivity contribution in [1.29, 1.82) is 0 Å². The summed E-state index contributed by atoms with van der Waals surface area (Å²) in [6.07, 6.45) is 3.03. The highest BCUT2D eigenvalue weighted by Crippen LogP contribution is 2.29. The van der Waals surface area contributed by atoms with E-state index in [2.05, 4.69) is 15.9 Å². The van der Waals surface area contributed by atoms with Gasteiger partial charge in [0.05, 0.1) is 11.6 Å². The van der Waals surface area contributed by atoms with Gasteiger partial charge in [-0.05, 0) is 64.4 Å². The number of methoxy groups -OCH3 is 1. The molecule has 0 saturated carbocycles. The van der Waals surface area contributed by atoms with Gasteiger partial charge in [-0.2, -0.15) is 11.8 Å². The minimum atomic E-state index is 0.246. The Morgan fingerprint density at radius 3 is 2.78 bits per heavy atom. The summed E-state index contributed by atoms with van der Waals surface area (Å²) in [5.41, 5.74) is 0.779. The van der Waals surface area contributed by atoms with Crippen LogP contribution in [0.4, 0.5) is 0 Å². The standard InChI is InChI=1S/C14H17BrO2S/c1-17-14-3-2-11(9-12(14)15)13(16)8-10-4-6-18-7-5-10/h2-3,9-10H,4-8H2,1H3. The van der Waals surface area contributed by atoms with Crippen molar-refractivity contribution >= 4 is 33.5 Å². The summed E-state index contributed by atoms with van der Waals surface area (Å²) in [4.78, 5) is 12.2. The third-order valence-electron chi connectivity index (χ3n) is 3.29. The summed E-state index contributed by atoms with van der Waals surface area (Å²) in [5.74, 6) is 3.98. The summed E-state index contributed by atoms with van der Waals surface area (Å²) in [6, 6.07) is 5.55. The van der Waals surface area contributed by atoms with Crippen molar-refractivity contribution in [2.75, 3.05) is 18.6 Å². The molecule has 0 unspecified atom stereocenters. The maximum absolute atomic E-state index is 12.2. The second kappa shape index (κ2) is 6.62. The summed E-state index contributed by atoms with van der Waals surface area (Å²) in [5, 5.41) is 0. The number of hydrogen-bond acceptors (Lipinski definition) is 3. The smallest absolute Gasteiger partial charge is 0.163 e. The van der Waals surface area contributed by atoms with Crippen LogP contribution in [-0.4, -0.2) is 24.4 Å². The zero-order valence-electron chi connectivity index (χ0n) is 10.4.